The van der Waals surface area contributed by atoms with Gasteiger partial charge in [-0.2, -0.15) is 5.10 Å². The summed E-state index contributed by atoms with van der Waals surface area (Å²) in [5, 5.41) is 18.7. The van der Waals surface area contributed by atoms with E-state index in [1.165, 1.54) is 10.6 Å². The van der Waals surface area contributed by atoms with Crippen LogP contribution in [0.1, 0.15) is 12.5 Å². The van der Waals surface area contributed by atoms with Crippen LogP contribution in [0.3, 0.4) is 0 Å². The molecule has 0 spiro atoms. The van der Waals surface area contributed by atoms with E-state index in [1.807, 2.05) is 36.4 Å². The average Bonchev–Trinajstić information content (AvgIpc) is 2.96. The van der Waals surface area contributed by atoms with Gasteiger partial charge >= 0.3 is 0 Å². The minimum atomic E-state index is -0.0880. The Hall–Kier alpha value is -2.02. The predicted molar refractivity (Wildman–Crippen MR) is 97.5 cm³/mol. The Morgan fingerprint density at radius 2 is 1.83 bits per heavy atom. The minimum absolute atomic E-state index is 0. The standard InChI is InChI=1S/C18H17N3OS.Co/c1-2-21-15-10-6-7-11-16(15)23-17(21)12-13-19-20-18(22)14-8-4-3-5-9-14;/h3-13H,2H2,1H3,(H,20,22);/b17-12+,19-13+;. The van der Waals surface area contributed by atoms with Gasteiger partial charge in [-0.1, -0.05) is 42.1 Å². The van der Waals surface area contributed by atoms with Crippen LogP contribution in [-0.2, 0) is 16.8 Å². The molecule has 0 aromatic heterocycles. The third-order valence-electron chi connectivity index (χ3n) is 3.42. The van der Waals surface area contributed by atoms with Gasteiger partial charge < -0.3 is 10.0 Å². The second-order valence-corrected chi connectivity index (χ2v) is 5.94. The van der Waals surface area contributed by atoms with Crippen LogP contribution < -0.4 is 4.90 Å². The van der Waals surface area contributed by atoms with Crippen molar-refractivity contribution in [2.24, 2.45) is 10.2 Å². The zero-order valence-corrected chi connectivity index (χ0v) is 14.9. The Labute approximate surface area is 156 Å². The number of allylic oxidation sites excluding steroid dienone is 1. The van der Waals surface area contributed by atoms with Crippen molar-refractivity contribution in [3.63, 3.8) is 0 Å². The van der Waals surface area contributed by atoms with E-state index in [-0.39, 0.29) is 22.7 Å². The number of aliphatic hydroxyl groups is 1. The zero-order valence-electron chi connectivity index (χ0n) is 13.1. The molecule has 24 heavy (non-hydrogen) atoms. The molecule has 1 aliphatic rings. The molecule has 125 valence electrons. The molecule has 0 saturated heterocycles. The Morgan fingerprint density at radius 3 is 2.58 bits per heavy atom. The Bertz CT molecular complexity index is 775. The van der Waals surface area contributed by atoms with Crippen LogP contribution in [-0.4, -0.2) is 23.8 Å². The molecule has 3 rings (SSSR count). The number of anilines is 1. The van der Waals surface area contributed by atoms with E-state index in [0.29, 0.717) is 5.56 Å². The number of thioether (sulfide) groups is 1. The van der Waals surface area contributed by atoms with Crippen LogP contribution in [0.5, 0.6) is 0 Å². The van der Waals surface area contributed by atoms with E-state index in [4.69, 9.17) is 0 Å². The fourth-order valence-electron chi connectivity index (χ4n) is 2.33. The number of fused-ring (bicyclic) bond motifs is 1. The quantitative estimate of drug-likeness (QED) is 0.483. The summed E-state index contributed by atoms with van der Waals surface area (Å²) in [5.74, 6) is -0.0880. The first-order valence-electron chi connectivity index (χ1n) is 7.39. The van der Waals surface area contributed by atoms with Gasteiger partial charge in [-0.25, -0.2) is 0 Å². The van der Waals surface area contributed by atoms with Crippen LogP contribution in [0.4, 0.5) is 5.69 Å². The van der Waals surface area contributed by atoms with E-state index in [1.54, 1.807) is 30.1 Å². The second-order valence-electron chi connectivity index (χ2n) is 4.87. The maximum atomic E-state index is 9.85. The molecule has 0 atom stereocenters. The summed E-state index contributed by atoms with van der Waals surface area (Å²) in [4.78, 5) is 3.47. The van der Waals surface area contributed by atoms with E-state index in [2.05, 4.69) is 34.2 Å². The van der Waals surface area contributed by atoms with Gasteiger partial charge in [0, 0.05) is 33.8 Å². The number of hydrogen-bond acceptors (Lipinski definition) is 4. The third kappa shape index (κ3) is 4.08. The van der Waals surface area contributed by atoms with Gasteiger partial charge in [-0.3, -0.25) is 0 Å². The number of aliphatic hydroxyl groups excluding tert-OH is 1. The van der Waals surface area contributed by atoms with Gasteiger partial charge in [-0.15, -0.1) is 5.10 Å². The van der Waals surface area contributed by atoms with Gasteiger partial charge in [0.15, 0.2) is 0 Å². The van der Waals surface area contributed by atoms with Crippen LogP contribution in [0.2, 0.25) is 0 Å². The zero-order chi connectivity index (χ0) is 16.1. The predicted octanol–water partition coefficient (Wildman–Crippen LogP) is 4.45. The average molecular weight is 382 g/mol. The largest absolute Gasteiger partial charge is 0.492 e. The van der Waals surface area contributed by atoms with Crippen molar-refractivity contribution >= 4 is 29.6 Å². The van der Waals surface area contributed by atoms with Gasteiger partial charge in [-0.05, 0) is 37.3 Å². The van der Waals surface area contributed by atoms with Crippen molar-refractivity contribution in [1.29, 1.82) is 0 Å². The number of hydrogen-bond donors (Lipinski definition) is 1. The Balaban J connectivity index is 0.00000208. The number of para-hydroxylation sites is 1. The molecule has 0 aliphatic carbocycles. The first-order valence-corrected chi connectivity index (χ1v) is 8.21. The van der Waals surface area contributed by atoms with Gasteiger partial charge in [0.1, 0.15) is 0 Å². The fourth-order valence-corrected chi connectivity index (χ4v) is 3.45. The van der Waals surface area contributed by atoms with Crippen molar-refractivity contribution in [3.05, 3.63) is 71.3 Å². The molecule has 1 heterocycles. The van der Waals surface area contributed by atoms with E-state index < -0.39 is 0 Å². The van der Waals surface area contributed by atoms with Crippen molar-refractivity contribution in [2.75, 3.05) is 11.4 Å². The van der Waals surface area contributed by atoms with E-state index in [9.17, 15) is 5.11 Å². The fraction of sp³-hybridized carbons (Fsp3) is 0.111. The van der Waals surface area contributed by atoms with Crippen molar-refractivity contribution in [1.82, 2.24) is 0 Å². The molecule has 1 radical (unpaired) electrons. The summed E-state index contributed by atoms with van der Waals surface area (Å²) in [7, 11) is 0. The van der Waals surface area contributed by atoms with Crippen molar-refractivity contribution in [3.8, 4) is 0 Å². The summed E-state index contributed by atoms with van der Waals surface area (Å²) in [6.45, 7) is 3.01. The van der Waals surface area contributed by atoms with Gasteiger partial charge in [0.2, 0.25) is 5.90 Å². The molecule has 4 nitrogen and oxygen atoms in total. The number of nitrogens with zero attached hydrogens (tertiary/aromatic N) is 3. The maximum absolute atomic E-state index is 9.85. The first-order chi connectivity index (χ1) is 11.3. The van der Waals surface area contributed by atoms with Crippen LogP contribution in [0.25, 0.3) is 0 Å². The maximum Gasteiger partial charge on any atom is 0.238 e. The summed E-state index contributed by atoms with van der Waals surface area (Å²) < 4.78 is 0. The van der Waals surface area contributed by atoms with Crippen molar-refractivity contribution < 1.29 is 21.9 Å². The molecule has 2 aromatic carbocycles. The monoisotopic (exact) mass is 382 g/mol. The smallest absolute Gasteiger partial charge is 0.238 e. The molecule has 1 N–H and O–H groups in total. The van der Waals surface area contributed by atoms with Crippen LogP contribution in [0, 0.1) is 0 Å². The van der Waals surface area contributed by atoms with E-state index >= 15 is 0 Å². The summed E-state index contributed by atoms with van der Waals surface area (Å²) in [6, 6.07) is 17.5. The summed E-state index contributed by atoms with van der Waals surface area (Å²) in [5.41, 5.74) is 1.87. The molecule has 2 aromatic rings. The van der Waals surface area contributed by atoms with Gasteiger partial charge in [0.25, 0.3) is 0 Å². The molecule has 0 bridgehead atoms. The Kier molecular flexibility index (Phi) is 6.66. The molecular formula is C18H17CoN3OS. The number of benzene rings is 2. The topological polar surface area (TPSA) is 48.2 Å². The van der Waals surface area contributed by atoms with Crippen LogP contribution >= 0.6 is 11.8 Å². The normalized spacial score (nSPS) is 15.6. The summed E-state index contributed by atoms with van der Waals surface area (Å²) >= 11 is 1.71. The second kappa shape index (κ2) is 8.72. The van der Waals surface area contributed by atoms with Gasteiger partial charge in [0.05, 0.1) is 16.9 Å². The van der Waals surface area contributed by atoms with E-state index in [0.717, 1.165) is 11.6 Å². The molecule has 1 aliphatic heterocycles. The molecule has 0 amide bonds. The molecule has 0 saturated carbocycles. The first kappa shape index (κ1) is 18.3. The molecular weight excluding hydrogens is 365 g/mol. The third-order valence-corrected chi connectivity index (χ3v) is 4.55. The molecule has 6 heteroatoms. The number of rotatable bonds is 4. The SMILES string of the molecule is CCN1\C(=C/C=N/N=C(\O)c2ccccc2)Sc2ccccc21.[Co]. The minimum Gasteiger partial charge on any atom is -0.492 e. The Morgan fingerprint density at radius 1 is 1.12 bits per heavy atom. The molecule has 0 fully saturated rings. The van der Waals surface area contributed by atoms with Crippen LogP contribution in [0.15, 0.2) is 80.8 Å². The molecule has 0 unspecified atom stereocenters. The van der Waals surface area contributed by atoms with Crippen molar-refractivity contribution in [2.45, 2.75) is 11.8 Å². The summed E-state index contributed by atoms with van der Waals surface area (Å²) in [6.07, 6.45) is 3.52.